The van der Waals surface area contributed by atoms with Crippen LogP contribution in [0.3, 0.4) is 0 Å². The molecule has 0 bridgehead atoms. The molecule has 0 aliphatic carbocycles. The molecular weight excluding hydrogens is 332 g/mol. The fraction of sp³-hybridized carbons (Fsp3) is 0.294. The quantitative estimate of drug-likeness (QED) is 0.841. The molecule has 21 heavy (non-hydrogen) atoms. The number of halogens is 1. The summed E-state index contributed by atoms with van der Waals surface area (Å²) < 4.78 is 6.19. The average molecular weight is 351 g/mol. The maximum atomic E-state index is 9.90. The van der Waals surface area contributed by atoms with Crippen molar-refractivity contribution in [2.24, 2.45) is 0 Å². The molecule has 0 atom stereocenters. The largest absolute Gasteiger partial charge is 0.497 e. The van der Waals surface area contributed by atoms with Gasteiger partial charge in [-0.2, -0.15) is 0 Å². The van der Waals surface area contributed by atoms with Crippen molar-refractivity contribution < 1.29 is 14.9 Å². The van der Waals surface area contributed by atoms with Gasteiger partial charge in [-0.3, -0.25) is 0 Å². The lowest BCUT2D eigenvalue weighted by atomic mass is 9.77. The molecule has 0 aliphatic heterocycles. The minimum absolute atomic E-state index is 0.128. The fourth-order valence-corrected chi connectivity index (χ4v) is 2.80. The Morgan fingerprint density at radius 1 is 1.05 bits per heavy atom. The highest BCUT2D eigenvalue weighted by atomic mass is 79.9. The van der Waals surface area contributed by atoms with Crippen molar-refractivity contribution in [3.63, 3.8) is 0 Å². The molecule has 0 aliphatic rings. The van der Waals surface area contributed by atoms with E-state index in [0.29, 0.717) is 6.42 Å². The van der Waals surface area contributed by atoms with Crippen molar-refractivity contribution in [3.05, 3.63) is 64.1 Å². The average Bonchev–Trinajstić information content (AvgIpc) is 2.55. The molecule has 112 valence electrons. The number of hydrogen-bond donors (Lipinski definition) is 2. The lowest BCUT2D eigenvalue weighted by Gasteiger charge is -2.31. The summed E-state index contributed by atoms with van der Waals surface area (Å²) in [6, 6.07) is 15.3. The first-order chi connectivity index (χ1) is 10.1. The van der Waals surface area contributed by atoms with Gasteiger partial charge >= 0.3 is 0 Å². The van der Waals surface area contributed by atoms with Crippen LogP contribution >= 0.6 is 15.9 Å². The normalized spacial score (nSPS) is 11.4. The summed E-state index contributed by atoms with van der Waals surface area (Å²) in [5.41, 5.74) is 1.20. The number of hydrogen-bond acceptors (Lipinski definition) is 3. The van der Waals surface area contributed by atoms with Gasteiger partial charge in [-0.15, -0.1) is 0 Å². The van der Waals surface area contributed by atoms with Crippen molar-refractivity contribution in [3.8, 4) is 5.75 Å². The molecule has 0 saturated heterocycles. The van der Waals surface area contributed by atoms with E-state index in [9.17, 15) is 10.2 Å². The maximum absolute atomic E-state index is 9.90. The highest BCUT2D eigenvalue weighted by Crippen LogP contribution is 2.32. The molecule has 0 unspecified atom stereocenters. The van der Waals surface area contributed by atoms with Crippen LogP contribution in [0.4, 0.5) is 0 Å². The fourth-order valence-electron chi connectivity index (χ4n) is 2.42. The minimum Gasteiger partial charge on any atom is -0.497 e. The molecule has 2 aromatic carbocycles. The SMILES string of the molecule is COc1ccc(Br)c(CC(CO)(CO)c2ccccc2)c1. The number of aliphatic hydroxyl groups excluding tert-OH is 2. The summed E-state index contributed by atoms with van der Waals surface area (Å²) in [5.74, 6) is 0.756. The summed E-state index contributed by atoms with van der Waals surface area (Å²) in [6.45, 7) is -0.256. The van der Waals surface area contributed by atoms with Crippen LogP contribution in [0.5, 0.6) is 5.75 Å². The second-order valence-corrected chi connectivity index (χ2v) is 5.95. The third-order valence-corrected chi connectivity index (χ3v) is 4.55. The summed E-state index contributed by atoms with van der Waals surface area (Å²) >= 11 is 3.52. The molecule has 2 aromatic rings. The summed E-state index contributed by atoms with van der Waals surface area (Å²) in [5, 5.41) is 19.8. The highest BCUT2D eigenvalue weighted by Gasteiger charge is 2.32. The molecule has 0 radical (unpaired) electrons. The Bertz CT molecular complexity index is 580. The lowest BCUT2D eigenvalue weighted by molar-refractivity contribution is 0.116. The molecule has 0 fully saturated rings. The van der Waals surface area contributed by atoms with E-state index in [2.05, 4.69) is 15.9 Å². The van der Waals surface area contributed by atoms with Crippen LogP contribution in [-0.4, -0.2) is 30.5 Å². The Morgan fingerprint density at radius 3 is 2.29 bits per heavy atom. The molecule has 0 heterocycles. The Morgan fingerprint density at radius 2 is 1.71 bits per heavy atom. The predicted molar refractivity (Wildman–Crippen MR) is 86.7 cm³/mol. The van der Waals surface area contributed by atoms with Gasteiger partial charge in [0.1, 0.15) is 5.75 Å². The van der Waals surface area contributed by atoms with Gasteiger partial charge in [0.15, 0.2) is 0 Å². The van der Waals surface area contributed by atoms with Crippen LogP contribution < -0.4 is 4.74 Å². The molecule has 0 aromatic heterocycles. The number of methoxy groups -OCH3 is 1. The topological polar surface area (TPSA) is 49.7 Å². The number of aliphatic hydroxyl groups is 2. The van der Waals surface area contributed by atoms with E-state index < -0.39 is 5.41 Å². The zero-order chi connectivity index (χ0) is 15.3. The number of benzene rings is 2. The van der Waals surface area contributed by atoms with Gasteiger partial charge in [0.25, 0.3) is 0 Å². The summed E-state index contributed by atoms with van der Waals surface area (Å²) in [6.07, 6.45) is 0.516. The molecule has 3 nitrogen and oxygen atoms in total. The van der Waals surface area contributed by atoms with E-state index >= 15 is 0 Å². The van der Waals surface area contributed by atoms with E-state index in [0.717, 1.165) is 21.3 Å². The Kier molecular flexibility index (Phi) is 5.39. The van der Waals surface area contributed by atoms with Gasteiger partial charge < -0.3 is 14.9 Å². The Labute approximate surface area is 133 Å². The second kappa shape index (κ2) is 7.07. The number of ether oxygens (including phenoxy) is 1. The zero-order valence-electron chi connectivity index (χ0n) is 11.9. The van der Waals surface area contributed by atoms with Crippen LogP contribution in [-0.2, 0) is 11.8 Å². The molecular formula is C17H19BrO3. The van der Waals surface area contributed by atoms with E-state index in [1.54, 1.807) is 7.11 Å². The highest BCUT2D eigenvalue weighted by molar-refractivity contribution is 9.10. The second-order valence-electron chi connectivity index (χ2n) is 5.10. The molecule has 4 heteroatoms. The number of rotatable bonds is 6. The molecule has 0 saturated carbocycles. The van der Waals surface area contributed by atoms with Crippen LogP contribution in [0.15, 0.2) is 53.0 Å². The van der Waals surface area contributed by atoms with Crippen molar-refractivity contribution in [2.45, 2.75) is 11.8 Å². The van der Waals surface area contributed by atoms with E-state index in [1.165, 1.54) is 0 Å². The standard InChI is InChI=1S/C17H19BrO3/c1-21-15-7-8-16(18)13(9-15)10-17(11-19,12-20)14-5-3-2-4-6-14/h2-9,19-20H,10-12H2,1H3. The van der Waals surface area contributed by atoms with E-state index in [-0.39, 0.29) is 13.2 Å². The third kappa shape index (κ3) is 3.46. The van der Waals surface area contributed by atoms with Crippen LogP contribution in [0.25, 0.3) is 0 Å². The van der Waals surface area contributed by atoms with Gasteiger partial charge in [-0.25, -0.2) is 0 Å². The van der Waals surface area contributed by atoms with Gasteiger partial charge in [0.05, 0.1) is 20.3 Å². The van der Waals surface area contributed by atoms with Gasteiger partial charge in [-0.05, 0) is 35.7 Å². The minimum atomic E-state index is -0.712. The van der Waals surface area contributed by atoms with Crippen molar-refractivity contribution in [1.82, 2.24) is 0 Å². The Balaban J connectivity index is 2.41. The van der Waals surface area contributed by atoms with Crippen molar-refractivity contribution >= 4 is 15.9 Å². The zero-order valence-corrected chi connectivity index (χ0v) is 13.5. The van der Waals surface area contributed by atoms with E-state index in [1.807, 2.05) is 48.5 Å². The smallest absolute Gasteiger partial charge is 0.119 e. The monoisotopic (exact) mass is 350 g/mol. The predicted octanol–water partition coefficient (Wildman–Crippen LogP) is 2.92. The van der Waals surface area contributed by atoms with Crippen molar-refractivity contribution in [1.29, 1.82) is 0 Å². The van der Waals surface area contributed by atoms with Gasteiger partial charge in [-0.1, -0.05) is 46.3 Å². The molecule has 2 rings (SSSR count). The maximum Gasteiger partial charge on any atom is 0.119 e. The van der Waals surface area contributed by atoms with Crippen molar-refractivity contribution in [2.75, 3.05) is 20.3 Å². The first-order valence-electron chi connectivity index (χ1n) is 6.75. The lowest BCUT2D eigenvalue weighted by Crippen LogP contribution is -2.37. The summed E-state index contributed by atoms with van der Waals surface area (Å²) in [4.78, 5) is 0. The van der Waals surface area contributed by atoms with Crippen LogP contribution in [0.2, 0.25) is 0 Å². The third-order valence-electron chi connectivity index (χ3n) is 3.77. The molecule has 0 amide bonds. The van der Waals surface area contributed by atoms with Crippen LogP contribution in [0, 0.1) is 0 Å². The molecule has 2 N–H and O–H groups in total. The first kappa shape index (κ1) is 16.0. The van der Waals surface area contributed by atoms with Gasteiger partial charge in [0.2, 0.25) is 0 Å². The molecule has 0 spiro atoms. The van der Waals surface area contributed by atoms with Crippen LogP contribution in [0.1, 0.15) is 11.1 Å². The first-order valence-corrected chi connectivity index (χ1v) is 7.54. The Hall–Kier alpha value is -1.36. The van der Waals surface area contributed by atoms with E-state index in [4.69, 9.17) is 4.74 Å². The van der Waals surface area contributed by atoms with Gasteiger partial charge in [0, 0.05) is 9.89 Å². The summed E-state index contributed by atoms with van der Waals surface area (Å²) in [7, 11) is 1.62.